The van der Waals surface area contributed by atoms with E-state index in [1.54, 1.807) is 18.0 Å². The summed E-state index contributed by atoms with van der Waals surface area (Å²) in [6.07, 6.45) is 1.44. The highest BCUT2D eigenvalue weighted by Gasteiger charge is 2.30. The molecule has 0 amide bonds. The third kappa shape index (κ3) is 4.63. The van der Waals surface area contributed by atoms with Gasteiger partial charge in [-0.15, -0.1) is 0 Å². The first-order valence-corrected chi connectivity index (χ1v) is 9.89. The Morgan fingerprint density at radius 1 is 1.33 bits per heavy atom. The summed E-state index contributed by atoms with van der Waals surface area (Å²) in [7, 11) is 0. The maximum Gasteiger partial charge on any atom is 0.176 e. The van der Waals surface area contributed by atoms with Gasteiger partial charge in [0.15, 0.2) is 11.4 Å². The van der Waals surface area contributed by atoms with Gasteiger partial charge in [0.1, 0.15) is 5.75 Å². The van der Waals surface area contributed by atoms with Gasteiger partial charge in [0.25, 0.3) is 0 Å². The molecule has 0 saturated heterocycles. The highest BCUT2D eigenvalue weighted by atomic mass is 32.2. The standard InChI is InChI=1S/C19H23N5O2S/c1-2-26-15-6-4-14(5-7-15)24-18(25)17-16(8-11-22-17)23-19(24)27-13-12-21-10-3-9-20/h4-8,11,18,21-22,25H,2-3,10,12-13H2,1H3. The van der Waals surface area contributed by atoms with Crippen molar-refractivity contribution in [1.29, 1.82) is 5.26 Å². The number of anilines is 1. The molecule has 3 N–H and O–H groups in total. The second-order valence-electron chi connectivity index (χ2n) is 5.85. The molecule has 7 nitrogen and oxygen atoms in total. The van der Waals surface area contributed by atoms with E-state index in [1.165, 1.54) is 0 Å². The minimum absolute atomic E-state index is 0.495. The summed E-state index contributed by atoms with van der Waals surface area (Å²) in [5.41, 5.74) is 2.28. The van der Waals surface area contributed by atoms with Crippen LogP contribution in [-0.2, 0) is 0 Å². The van der Waals surface area contributed by atoms with Crippen LogP contribution in [0.4, 0.5) is 11.4 Å². The smallest absolute Gasteiger partial charge is 0.176 e. The first-order valence-electron chi connectivity index (χ1n) is 8.91. The molecule has 1 aromatic heterocycles. The summed E-state index contributed by atoms with van der Waals surface area (Å²) >= 11 is 1.57. The van der Waals surface area contributed by atoms with Crippen LogP contribution in [0.5, 0.6) is 5.75 Å². The molecular weight excluding hydrogens is 362 g/mol. The summed E-state index contributed by atoms with van der Waals surface area (Å²) in [4.78, 5) is 9.60. The fourth-order valence-electron chi connectivity index (χ4n) is 2.78. The van der Waals surface area contributed by atoms with E-state index in [0.717, 1.165) is 34.6 Å². The summed E-state index contributed by atoms with van der Waals surface area (Å²) < 4.78 is 5.50. The maximum absolute atomic E-state index is 10.9. The monoisotopic (exact) mass is 385 g/mol. The third-order valence-corrected chi connectivity index (χ3v) is 4.98. The molecule has 0 aliphatic carbocycles. The van der Waals surface area contributed by atoms with Crippen molar-refractivity contribution < 1.29 is 9.84 Å². The largest absolute Gasteiger partial charge is 0.494 e. The van der Waals surface area contributed by atoms with Crippen molar-refractivity contribution in [2.24, 2.45) is 4.99 Å². The lowest BCUT2D eigenvalue weighted by molar-refractivity contribution is 0.183. The van der Waals surface area contributed by atoms with E-state index in [1.807, 2.05) is 42.2 Å². The van der Waals surface area contributed by atoms with E-state index < -0.39 is 6.23 Å². The molecule has 2 heterocycles. The van der Waals surface area contributed by atoms with Gasteiger partial charge in [0.2, 0.25) is 0 Å². The number of benzene rings is 1. The van der Waals surface area contributed by atoms with Crippen LogP contribution in [0, 0.1) is 11.3 Å². The minimum Gasteiger partial charge on any atom is -0.494 e. The number of aromatic amines is 1. The average molecular weight is 385 g/mol. The van der Waals surface area contributed by atoms with Crippen LogP contribution in [0.25, 0.3) is 0 Å². The predicted molar refractivity (Wildman–Crippen MR) is 108 cm³/mol. The van der Waals surface area contributed by atoms with Gasteiger partial charge in [-0.05, 0) is 37.3 Å². The van der Waals surface area contributed by atoms with E-state index >= 15 is 0 Å². The number of H-pyrrole nitrogens is 1. The first kappa shape index (κ1) is 19.3. The van der Waals surface area contributed by atoms with Crippen molar-refractivity contribution in [3.63, 3.8) is 0 Å². The number of ether oxygens (including phenoxy) is 1. The summed E-state index contributed by atoms with van der Waals surface area (Å²) in [6.45, 7) is 4.00. The van der Waals surface area contributed by atoms with Gasteiger partial charge >= 0.3 is 0 Å². The lowest BCUT2D eigenvalue weighted by atomic mass is 10.2. The predicted octanol–water partition coefficient (Wildman–Crippen LogP) is 3.15. The van der Waals surface area contributed by atoms with Crippen LogP contribution in [0.2, 0.25) is 0 Å². The molecule has 1 unspecified atom stereocenters. The molecule has 142 valence electrons. The Bertz CT molecular complexity index is 812. The number of thioether (sulfide) groups is 1. The van der Waals surface area contributed by atoms with Gasteiger partial charge in [0.05, 0.1) is 24.1 Å². The lowest BCUT2D eigenvalue weighted by Crippen LogP contribution is -2.36. The van der Waals surface area contributed by atoms with Crippen molar-refractivity contribution in [2.75, 3.05) is 30.3 Å². The van der Waals surface area contributed by atoms with Gasteiger partial charge < -0.3 is 20.1 Å². The molecule has 8 heteroatoms. The van der Waals surface area contributed by atoms with Crippen LogP contribution in [0.1, 0.15) is 25.3 Å². The number of hydrogen-bond donors (Lipinski definition) is 3. The zero-order chi connectivity index (χ0) is 19.1. The van der Waals surface area contributed by atoms with Crippen molar-refractivity contribution in [3.8, 4) is 11.8 Å². The molecule has 2 aromatic rings. The zero-order valence-electron chi connectivity index (χ0n) is 15.2. The number of aliphatic hydroxyl groups excluding tert-OH is 1. The first-order chi connectivity index (χ1) is 13.2. The number of nitriles is 1. The van der Waals surface area contributed by atoms with E-state index in [-0.39, 0.29) is 0 Å². The van der Waals surface area contributed by atoms with Gasteiger partial charge in [-0.2, -0.15) is 5.26 Å². The van der Waals surface area contributed by atoms with Crippen LogP contribution in [-0.4, -0.2) is 40.7 Å². The molecule has 1 aliphatic heterocycles. The maximum atomic E-state index is 10.9. The Labute approximate surface area is 163 Å². The van der Waals surface area contributed by atoms with E-state index in [4.69, 9.17) is 15.0 Å². The van der Waals surface area contributed by atoms with Crippen LogP contribution < -0.4 is 15.0 Å². The molecule has 0 radical (unpaired) electrons. The molecular formula is C19H23N5O2S. The molecule has 1 aliphatic rings. The number of aliphatic imine (C=N–C) groups is 1. The Morgan fingerprint density at radius 2 is 2.15 bits per heavy atom. The van der Waals surface area contributed by atoms with Crippen molar-refractivity contribution in [1.82, 2.24) is 10.3 Å². The lowest BCUT2D eigenvalue weighted by Gasteiger charge is -2.33. The molecule has 1 atom stereocenters. The number of amidine groups is 1. The zero-order valence-corrected chi connectivity index (χ0v) is 16.0. The van der Waals surface area contributed by atoms with Crippen molar-refractivity contribution in [2.45, 2.75) is 19.6 Å². The number of aliphatic hydroxyl groups is 1. The molecule has 0 saturated carbocycles. The van der Waals surface area contributed by atoms with Crippen molar-refractivity contribution in [3.05, 3.63) is 42.2 Å². The number of aromatic nitrogens is 1. The molecule has 27 heavy (non-hydrogen) atoms. The summed E-state index contributed by atoms with van der Waals surface area (Å²) in [5.74, 6) is 1.57. The number of fused-ring (bicyclic) bond motifs is 1. The van der Waals surface area contributed by atoms with Gasteiger partial charge in [0, 0.05) is 37.1 Å². The Hall–Kier alpha value is -2.47. The number of rotatable bonds is 8. The SMILES string of the molecule is CCOc1ccc(N2C(SCCNCCC#N)=Nc3cc[nH]c3C2O)cc1. The second-order valence-corrected chi connectivity index (χ2v) is 6.91. The molecule has 0 bridgehead atoms. The van der Waals surface area contributed by atoms with E-state index in [2.05, 4.69) is 16.4 Å². The third-order valence-electron chi connectivity index (χ3n) is 4.03. The average Bonchev–Trinajstić information content (AvgIpc) is 3.15. The Kier molecular flexibility index (Phi) is 6.76. The fraction of sp³-hybridized carbons (Fsp3) is 0.368. The fourth-order valence-corrected chi connectivity index (χ4v) is 3.71. The number of nitrogens with zero attached hydrogens (tertiary/aromatic N) is 3. The number of nitrogens with one attached hydrogen (secondary N) is 2. The highest BCUT2D eigenvalue weighted by Crippen LogP contribution is 2.38. The second kappa shape index (κ2) is 9.46. The molecule has 0 spiro atoms. The molecule has 3 rings (SSSR count). The van der Waals surface area contributed by atoms with Crippen LogP contribution >= 0.6 is 11.8 Å². The minimum atomic E-state index is -0.834. The summed E-state index contributed by atoms with van der Waals surface area (Å²) in [5, 5.41) is 23.4. The van der Waals surface area contributed by atoms with Gasteiger partial charge in [-0.3, -0.25) is 4.90 Å². The Balaban J connectivity index is 1.75. The van der Waals surface area contributed by atoms with Crippen molar-refractivity contribution >= 4 is 28.3 Å². The molecule has 1 aromatic carbocycles. The van der Waals surface area contributed by atoms with Gasteiger partial charge in [-0.25, -0.2) is 4.99 Å². The summed E-state index contributed by atoms with van der Waals surface area (Å²) in [6, 6.07) is 11.6. The quantitative estimate of drug-likeness (QED) is 0.604. The Morgan fingerprint density at radius 3 is 2.89 bits per heavy atom. The highest BCUT2D eigenvalue weighted by molar-refractivity contribution is 8.14. The van der Waals surface area contributed by atoms with Gasteiger partial charge in [-0.1, -0.05) is 11.8 Å². The van der Waals surface area contributed by atoms with Crippen LogP contribution in [0.15, 0.2) is 41.5 Å². The topological polar surface area (TPSA) is 96.7 Å². The molecule has 0 fully saturated rings. The van der Waals surface area contributed by atoms with E-state index in [9.17, 15) is 5.11 Å². The van der Waals surface area contributed by atoms with Crippen LogP contribution in [0.3, 0.4) is 0 Å². The van der Waals surface area contributed by atoms with E-state index in [0.29, 0.717) is 25.3 Å². The normalized spacial score (nSPS) is 15.8. The number of hydrogen-bond acceptors (Lipinski definition) is 7.